The Morgan fingerprint density at radius 1 is 1.13 bits per heavy atom. The molecule has 8 nitrogen and oxygen atoms in total. The van der Waals surface area contributed by atoms with E-state index >= 15 is 0 Å². The van der Waals surface area contributed by atoms with E-state index in [1.54, 1.807) is 0 Å². The molecule has 3 aromatic rings. The number of amides is 1. The summed E-state index contributed by atoms with van der Waals surface area (Å²) in [5.74, 6) is -3.49. The van der Waals surface area contributed by atoms with Crippen LogP contribution >= 0.6 is 23.2 Å². The predicted molar refractivity (Wildman–Crippen MR) is 133 cm³/mol. The molecule has 2 aromatic heterocycles. The number of fused-ring (bicyclic) bond motifs is 1. The van der Waals surface area contributed by atoms with Gasteiger partial charge in [0.15, 0.2) is 0 Å². The summed E-state index contributed by atoms with van der Waals surface area (Å²) >= 11 is 12.4. The molecule has 0 unspecified atom stereocenters. The predicted octanol–water partition coefficient (Wildman–Crippen LogP) is 4.51. The Kier molecular flexibility index (Phi) is 7.15. The standard InChI is InChI=1S/C25H22Cl2F4N4O4/c26-18-12-20-22(36)32-13-15(34(20)21(18)27)10-14-2-3-19(28)17(11-14)23(37)33-6-4-16(5-7-33)35(8-1-9-35)39-24(38)25(29,30)31/h2-3,11-13,16H,1,4-10H2/p+1. The number of likely N-dealkylation sites (tertiary alicyclic amines) is 2. The summed E-state index contributed by atoms with van der Waals surface area (Å²) in [6.45, 7) is 0.918. The average molecular weight is 590 g/mol. The van der Waals surface area contributed by atoms with Gasteiger partial charge in [-0.05, 0) is 23.8 Å². The van der Waals surface area contributed by atoms with E-state index in [2.05, 4.69) is 4.98 Å². The van der Waals surface area contributed by atoms with Crippen molar-refractivity contribution in [2.24, 2.45) is 0 Å². The van der Waals surface area contributed by atoms with Crippen LogP contribution in [-0.4, -0.2) is 69.2 Å². The fourth-order valence-corrected chi connectivity index (χ4v) is 5.75. The molecule has 0 aliphatic carbocycles. The van der Waals surface area contributed by atoms with Crippen molar-refractivity contribution in [2.45, 2.75) is 37.9 Å². The lowest BCUT2D eigenvalue weighted by Crippen LogP contribution is -2.67. The molecule has 0 saturated carbocycles. The lowest BCUT2D eigenvalue weighted by Gasteiger charge is -2.48. The zero-order valence-corrected chi connectivity index (χ0v) is 21.9. The number of hydrogen-bond donors (Lipinski definition) is 1. The number of carbonyl (C=O) groups excluding carboxylic acids is 2. The number of aromatic nitrogens is 2. The number of nitrogens with zero attached hydrogens (tertiary/aromatic N) is 3. The molecule has 0 atom stereocenters. The van der Waals surface area contributed by atoms with Crippen molar-refractivity contribution in [1.82, 2.24) is 14.3 Å². The third-order valence-corrected chi connectivity index (χ3v) is 8.18. The second-order valence-electron chi connectivity index (χ2n) is 9.76. The largest absolute Gasteiger partial charge is 0.497 e. The van der Waals surface area contributed by atoms with Crippen molar-refractivity contribution < 1.29 is 36.6 Å². The van der Waals surface area contributed by atoms with Gasteiger partial charge >= 0.3 is 12.1 Å². The number of hydrogen-bond acceptors (Lipinski definition) is 4. The van der Waals surface area contributed by atoms with Gasteiger partial charge in [-0.3, -0.25) is 18.8 Å². The second-order valence-corrected chi connectivity index (χ2v) is 10.5. The Balaban J connectivity index is 1.31. The van der Waals surface area contributed by atoms with Gasteiger partial charge in [0.25, 0.3) is 11.5 Å². The van der Waals surface area contributed by atoms with Crippen LogP contribution in [0.25, 0.3) is 5.52 Å². The normalized spacial score (nSPS) is 17.7. The number of benzene rings is 1. The van der Waals surface area contributed by atoms with Gasteiger partial charge in [-0.2, -0.15) is 13.2 Å². The molecular weight excluding hydrogens is 567 g/mol. The lowest BCUT2D eigenvalue weighted by atomic mass is 9.97. The highest BCUT2D eigenvalue weighted by Crippen LogP contribution is 2.34. The van der Waals surface area contributed by atoms with Crippen molar-refractivity contribution in [2.75, 3.05) is 26.2 Å². The molecule has 39 heavy (non-hydrogen) atoms. The molecule has 0 spiro atoms. The van der Waals surface area contributed by atoms with Crippen LogP contribution in [-0.2, 0) is 16.1 Å². The summed E-state index contributed by atoms with van der Waals surface area (Å²) in [7, 11) is 0. The Hall–Kier alpha value is -3.09. The Morgan fingerprint density at radius 2 is 1.82 bits per heavy atom. The molecule has 2 fully saturated rings. The molecule has 14 heteroatoms. The van der Waals surface area contributed by atoms with Crippen LogP contribution in [0.4, 0.5) is 17.6 Å². The Morgan fingerprint density at radius 3 is 2.44 bits per heavy atom. The number of piperidine rings is 1. The molecule has 5 rings (SSSR count). The fourth-order valence-electron chi connectivity index (χ4n) is 5.30. The van der Waals surface area contributed by atoms with E-state index in [9.17, 15) is 31.9 Å². The van der Waals surface area contributed by atoms with Crippen LogP contribution in [0.5, 0.6) is 0 Å². The summed E-state index contributed by atoms with van der Waals surface area (Å²) in [4.78, 5) is 45.8. The van der Waals surface area contributed by atoms with Gasteiger partial charge in [0.05, 0.1) is 17.0 Å². The van der Waals surface area contributed by atoms with Crippen molar-refractivity contribution in [3.05, 3.63) is 73.6 Å². The van der Waals surface area contributed by atoms with Crippen LogP contribution < -0.4 is 5.56 Å². The first-order valence-corrected chi connectivity index (χ1v) is 13.0. The zero-order chi connectivity index (χ0) is 28.1. The van der Waals surface area contributed by atoms with Crippen molar-refractivity contribution in [3.8, 4) is 0 Å². The van der Waals surface area contributed by atoms with E-state index in [-0.39, 0.29) is 65.5 Å². The fraction of sp³-hybridized carbons (Fsp3) is 0.400. The van der Waals surface area contributed by atoms with Crippen molar-refractivity contribution >= 4 is 40.6 Å². The van der Waals surface area contributed by atoms with E-state index < -0.39 is 28.5 Å². The number of carbonyl (C=O) groups is 2. The number of quaternary nitrogens is 1. The Bertz CT molecular complexity index is 1510. The van der Waals surface area contributed by atoms with E-state index in [0.717, 1.165) is 0 Å². The van der Waals surface area contributed by atoms with Gasteiger partial charge < -0.3 is 9.88 Å². The van der Waals surface area contributed by atoms with E-state index in [0.29, 0.717) is 30.5 Å². The first kappa shape index (κ1) is 27.5. The van der Waals surface area contributed by atoms with Gasteiger partial charge in [0.2, 0.25) is 0 Å². The number of hydroxylamine groups is 3. The van der Waals surface area contributed by atoms with Crippen molar-refractivity contribution in [1.29, 1.82) is 0 Å². The summed E-state index contributed by atoms with van der Waals surface area (Å²) < 4.78 is 54.2. The van der Waals surface area contributed by atoms with Crippen LogP contribution in [0.2, 0.25) is 10.2 Å². The monoisotopic (exact) mass is 589 g/mol. The molecule has 0 bridgehead atoms. The minimum Gasteiger partial charge on any atom is -0.338 e. The summed E-state index contributed by atoms with van der Waals surface area (Å²) in [5, 5.41) is 0.348. The summed E-state index contributed by atoms with van der Waals surface area (Å²) in [5.41, 5.74) is 0.839. The number of nitrogens with one attached hydrogen (secondary N) is 1. The summed E-state index contributed by atoms with van der Waals surface area (Å²) in [6, 6.07) is 5.17. The SMILES string of the molecule is O=C(c1cc(Cc2c[nH]c(=O)c3cc(Cl)c(Cl)n23)ccc1F)N1CCC([N+]2(OC(=O)C(F)(F)F)CCC2)CC1. The maximum atomic E-state index is 14.8. The smallest absolute Gasteiger partial charge is 0.338 e. The number of H-pyrrole nitrogens is 1. The number of halogens is 6. The molecule has 2 saturated heterocycles. The molecule has 2 aliphatic heterocycles. The second kappa shape index (κ2) is 10.1. The van der Waals surface area contributed by atoms with Crippen molar-refractivity contribution in [3.63, 3.8) is 0 Å². The molecule has 208 valence electrons. The third kappa shape index (κ3) is 5.12. The van der Waals surface area contributed by atoms with E-state index in [1.807, 2.05) is 0 Å². The molecule has 1 amide bonds. The molecule has 1 N–H and O–H groups in total. The van der Waals surface area contributed by atoms with Gasteiger partial charge in [-0.25, -0.2) is 9.18 Å². The van der Waals surface area contributed by atoms with Crippen LogP contribution in [0.3, 0.4) is 0 Å². The summed E-state index contributed by atoms with van der Waals surface area (Å²) in [6.07, 6.45) is -2.18. The molecular formula is C25H23Cl2F4N4O4+. The van der Waals surface area contributed by atoms with Crippen LogP contribution in [0.15, 0.2) is 35.3 Å². The maximum Gasteiger partial charge on any atom is 0.497 e. The molecule has 2 aliphatic rings. The number of aromatic amines is 1. The maximum absolute atomic E-state index is 14.8. The average Bonchev–Trinajstić information content (AvgIpc) is 3.18. The Labute approximate surface area is 229 Å². The number of rotatable bonds is 5. The highest BCUT2D eigenvalue weighted by molar-refractivity contribution is 6.42. The molecule has 4 heterocycles. The van der Waals surface area contributed by atoms with Gasteiger partial charge in [0, 0.05) is 44.2 Å². The lowest BCUT2D eigenvalue weighted by molar-refractivity contribution is -1.14. The minimum atomic E-state index is -5.08. The van der Waals surface area contributed by atoms with Gasteiger partial charge in [-0.1, -0.05) is 29.3 Å². The van der Waals surface area contributed by atoms with Crippen LogP contribution in [0.1, 0.15) is 40.9 Å². The highest BCUT2D eigenvalue weighted by atomic mass is 35.5. The van der Waals surface area contributed by atoms with Gasteiger partial charge in [0.1, 0.15) is 35.6 Å². The number of alkyl halides is 3. The zero-order valence-electron chi connectivity index (χ0n) is 20.4. The van der Waals surface area contributed by atoms with E-state index in [4.69, 9.17) is 28.0 Å². The van der Waals surface area contributed by atoms with Crippen LogP contribution in [0, 0.1) is 5.82 Å². The van der Waals surface area contributed by atoms with E-state index in [1.165, 1.54) is 39.8 Å². The topological polar surface area (TPSA) is 83.9 Å². The molecule has 1 aromatic carbocycles. The minimum absolute atomic E-state index is 0.151. The first-order chi connectivity index (χ1) is 18.4. The third-order valence-electron chi connectivity index (χ3n) is 7.42. The first-order valence-electron chi connectivity index (χ1n) is 12.2. The van der Waals surface area contributed by atoms with Gasteiger partial charge in [-0.15, -0.1) is 4.65 Å². The highest BCUT2D eigenvalue weighted by Gasteiger charge is 2.54. The quantitative estimate of drug-likeness (QED) is 0.350. The molecule has 0 radical (unpaired) electrons.